The van der Waals surface area contributed by atoms with Gasteiger partial charge in [-0.2, -0.15) is 8.75 Å². The third kappa shape index (κ3) is 3.22. The first kappa shape index (κ1) is 17.1. The smallest absolute Gasteiger partial charge is 0.257 e. The van der Waals surface area contributed by atoms with Crippen molar-refractivity contribution in [1.29, 1.82) is 0 Å². The van der Waals surface area contributed by atoms with Gasteiger partial charge in [-0.1, -0.05) is 6.07 Å². The molecule has 26 heavy (non-hydrogen) atoms. The Kier molecular flexibility index (Phi) is 4.47. The van der Waals surface area contributed by atoms with Crippen LogP contribution in [0.5, 0.6) is 0 Å². The van der Waals surface area contributed by atoms with Crippen molar-refractivity contribution in [3.05, 3.63) is 42.4 Å². The van der Waals surface area contributed by atoms with Gasteiger partial charge in [0.25, 0.3) is 5.91 Å². The number of carbonyl (C=O) groups excluding carboxylic acids is 1. The Balaban J connectivity index is 1.44. The lowest BCUT2D eigenvalue weighted by atomic mass is 10.1. The molecule has 1 saturated heterocycles. The Hall–Kier alpha value is -2.30. The molecule has 1 aliphatic rings. The third-order valence-electron chi connectivity index (χ3n) is 4.41. The SMILES string of the molecule is O=C(c1ccoc1)N1CCC(NS(=O)(=O)c2cccc3nsnc23)CC1. The first-order valence-electron chi connectivity index (χ1n) is 8.10. The molecule has 3 aromatic rings. The number of aromatic nitrogens is 2. The van der Waals surface area contributed by atoms with Gasteiger partial charge in [0, 0.05) is 19.1 Å². The molecule has 10 heteroatoms. The summed E-state index contributed by atoms with van der Waals surface area (Å²) in [5.74, 6) is -0.0987. The Labute approximate surface area is 154 Å². The highest BCUT2D eigenvalue weighted by Crippen LogP contribution is 2.22. The Bertz CT molecular complexity index is 1020. The fourth-order valence-corrected chi connectivity index (χ4v) is 5.12. The topological polar surface area (TPSA) is 105 Å². The molecule has 1 N–H and O–H groups in total. The quantitative estimate of drug-likeness (QED) is 0.727. The van der Waals surface area contributed by atoms with Crippen LogP contribution in [0.3, 0.4) is 0 Å². The zero-order chi connectivity index (χ0) is 18.1. The van der Waals surface area contributed by atoms with Crippen LogP contribution in [0.2, 0.25) is 0 Å². The van der Waals surface area contributed by atoms with Crippen molar-refractivity contribution in [3.8, 4) is 0 Å². The molecule has 136 valence electrons. The molecule has 1 aliphatic heterocycles. The average molecular weight is 392 g/mol. The molecule has 2 aromatic heterocycles. The van der Waals surface area contributed by atoms with Gasteiger partial charge in [-0.3, -0.25) is 4.79 Å². The van der Waals surface area contributed by atoms with Crippen LogP contribution >= 0.6 is 11.7 Å². The molecule has 0 aliphatic carbocycles. The molecule has 0 saturated carbocycles. The second-order valence-electron chi connectivity index (χ2n) is 6.09. The van der Waals surface area contributed by atoms with Crippen molar-refractivity contribution < 1.29 is 17.6 Å². The molecule has 0 spiro atoms. The summed E-state index contributed by atoms with van der Waals surface area (Å²) in [5.41, 5.74) is 1.46. The molecule has 8 nitrogen and oxygen atoms in total. The van der Waals surface area contributed by atoms with Gasteiger partial charge in [-0.05, 0) is 31.0 Å². The summed E-state index contributed by atoms with van der Waals surface area (Å²) in [6.07, 6.45) is 3.98. The lowest BCUT2D eigenvalue weighted by Crippen LogP contribution is -2.46. The number of rotatable bonds is 4. The highest BCUT2D eigenvalue weighted by molar-refractivity contribution is 7.89. The van der Waals surface area contributed by atoms with Gasteiger partial charge in [0.15, 0.2) is 0 Å². The van der Waals surface area contributed by atoms with Crippen molar-refractivity contribution in [1.82, 2.24) is 18.4 Å². The van der Waals surface area contributed by atoms with E-state index in [1.165, 1.54) is 18.6 Å². The summed E-state index contributed by atoms with van der Waals surface area (Å²) in [4.78, 5) is 14.2. The molecule has 1 fully saturated rings. The molecule has 1 aromatic carbocycles. The molecule has 0 atom stereocenters. The van der Waals surface area contributed by atoms with Crippen LogP contribution in [-0.2, 0) is 10.0 Å². The van der Waals surface area contributed by atoms with Crippen LogP contribution in [-0.4, -0.2) is 47.1 Å². The van der Waals surface area contributed by atoms with E-state index in [1.54, 1.807) is 23.1 Å². The lowest BCUT2D eigenvalue weighted by Gasteiger charge is -2.32. The predicted molar refractivity (Wildman–Crippen MR) is 95.4 cm³/mol. The van der Waals surface area contributed by atoms with Crippen molar-refractivity contribution in [2.45, 2.75) is 23.8 Å². The highest BCUT2D eigenvalue weighted by atomic mass is 32.2. The monoisotopic (exact) mass is 392 g/mol. The maximum atomic E-state index is 12.7. The van der Waals surface area contributed by atoms with Gasteiger partial charge in [0.1, 0.15) is 22.2 Å². The van der Waals surface area contributed by atoms with Crippen molar-refractivity contribution in [2.75, 3.05) is 13.1 Å². The van der Waals surface area contributed by atoms with E-state index in [1.807, 2.05) is 0 Å². The number of hydrogen-bond donors (Lipinski definition) is 1. The molecule has 3 heterocycles. The predicted octanol–water partition coefficient (Wildman–Crippen LogP) is 1.87. The summed E-state index contributed by atoms with van der Waals surface area (Å²) in [6, 6.07) is 6.32. The maximum absolute atomic E-state index is 12.7. The highest BCUT2D eigenvalue weighted by Gasteiger charge is 2.28. The minimum Gasteiger partial charge on any atom is -0.472 e. The van der Waals surface area contributed by atoms with Gasteiger partial charge in [-0.15, -0.1) is 0 Å². The Morgan fingerprint density at radius 1 is 1.23 bits per heavy atom. The van der Waals surface area contributed by atoms with Crippen LogP contribution in [0, 0.1) is 0 Å². The van der Waals surface area contributed by atoms with Crippen LogP contribution in [0.4, 0.5) is 0 Å². The number of likely N-dealkylation sites (tertiary alicyclic amines) is 1. The summed E-state index contributed by atoms with van der Waals surface area (Å²) in [6.45, 7) is 0.972. The van der Waals surface area contributed by atoms with Crippen molar-refractivity contribution in [3.63, 3.8) is 0 Å². The average Bonchev–Trinajstić information content (AvgIpc) is 3.32. The number of benzene rings is 1. The normalized spacial score (nSPS) is 16.2. The fraction of sp³-hybridized carbons (Fsp3) is 0.312. The molecule has 1 amide bonds. The Morgan fingerprint density at radius 2 is 2.04 bits per heavy atom. The number of nitrogens with zero attached hydrogens (tertiary/aromatic N) is 3. The summed E-state index contributed by atoms with van der Waals surface area (Å²) >= 11 is 0.987. The van der Waals surface area contributed by atoms with E-state index in [9.17, 15) is 13.2 Å². The largest absolute Gasteiger partial charge is 0.472 e. The molecule has 4 rings (SSSR count). The summed E-state index contributed by atoms with van der Waals surface area (Å²) in [7, 11) is -3.70. The van der Waals surface area contributed by atoms with E-state index in [0.717, 1.165) is 11.7 Å². The number of piperidine rings is 1. The van der Waals surface area contributed by atoms with E-state index in [4.69, 9.17) is 4.42 Å². The van der Waals surface area contributed by atoms with Gasteiger partial charge in [-0.25, -0.2) is 13.1 Å². The van der Waals surface area contributed by atoms with Gasteiger partial charge >= 0.3 is 0 Å². The third-order valence-corrected chi connectivity index (χ3v) is 6.51. The number of carbonyl (C=O) groups is 1. The van der Waals surface area contributed by atoms with Crippen LogP contribution in [0.1, 0.15) is 23.2 Å². The number of amides is 1. The van der Waals surface area contributed by atoms with Crippen LogP contribution in [0.15, 0.2) is 46.1 Å². The zero-order valence-corrected chi connectivity index (χ0v) is 15.3. The van der Waals surface area contributed by atoms with Gasteiger partial charge in [0.2, 0.25) is 10.0 Å². The molecular formula is C16H16N4O4S2. The van der Waals surface area contributed by atoms with E-state index < -0.39 is 10.0 Å². The van der Waals surface area contributed by atoms with Crippen molar-refractivity contribution in [2.24, 2.45) is 0 Å². The second-order valence-corrected chi connectivity index (χ2v) is 8.30. The van der Waals surface area contributed by atoms with E-state index >= 15 is 0 Å². The summed E-state index contributed by atoms with van der Waals surface area (Å²) in [5, 5.41) is 0. The van der Waals surface area contributed by atoms with Crippen LogP contribution < -0.4 is 4.72 Å². The fourth-order valence-electron chi connectivity index (χ4n) is 3.05. The minimum absolute atomic E-state index is 0.0987. The number of fused-ring (bicyclic) bond motifs is 1. The first-order valence-corrected chi connectivity index (χ1v) is 10.3. The van der Waals surface area contributed by atoms with E-state index in [-0.39, 0.29) is 16.8 Å². The number of hydrogen-bond acceptors (Lipinski definition) is 7. The van der Waals surface area contributed by atoms with Gasteiger partial charge < -0.3 is 9.32 Å². The van der Waals surface area contributed by atoms with E-state index in [0.29, 0.717) is 42.5 Å². The summed E-state index contributed by atoms with van der Waals surface area (Å²) < 4.78 is 41.3. The molecule has 0 radical (unpaired) electrons. The standard InChI is InChI=1S/C16H16N4O4S2/c21-16(11-6-9-24-10-11)20-7-4-12(5-8-20)19-26(22,23)14-3-1-2-13-15(14)18-25-17-13/h1-3,6,9-10,12,19H,4-5,7-8H2. The second kappa shape index (κ2) is 6.78. The molecule has 0 unspecified atom stereocenters. The Morgan fingerprint density at radius 3 is 2.77 bits per heavy atom. The first-order chi connectivity index (χ1) is 12.5. The number of nitrogens with one attached hydrogen (secondary N) is 1. The molecular weight excluding hydrogens is 376 g/mol. The van der Waals surface area contributed by atoms with Gasteiger partial charge in [0.05, 0.1) is 23.6 Å². The maximum Gasteiger partial charge on any atom is 0.257 e. The lowest BCUT2D eigenvalue weighted by molar-refractivity contribution is 0.0710. The van der Waals surface area contributed by atoms with Crippen LogP contribution in [0.25, 0.3) is 11.0 Å². The van der Waals surface area contributed by atoms with Crippen molar-refractivity contribution >= 4 is 38.7 Å². The molecule has 0 bridgehead atoms. The zero-order valence-electron chi connectivity index (χ0n) is 13.7. The minimum atomic E-state index is -3.70. The number of sulfonamides is 1. The van der Waals surface area contributed by atoms with E-state index in [2.05, 4.69) is 13.5 Å². The number of furan rings is 1.